The van der Waals surface area contributed by atoms with Crippen LogP contribution in [-0.4, -0.2) is 16.5 Å². The van der Waals surface area contributed by atoms with E-state index in [4.69, 9.17) is 0 Å². The molecular weight excluding hydrogens is 137 g/mol. The first-order valence-electron chi connectivity index (χ1n) is 2.50. The molecule has 9 heavy (non-hydrogen) atoms. The van der Waals surface area contributed by atoms with Gasteiger partial charge < -0.3 is 0 Å². The predicted molar refractivity (Wildman–Crippen MR) is 35.3 cm³/mol. The van der Waals surface area contributed by atoms with Gasteiger partial charge in [-0.1, -0.05) is 6.08 Å². The van der Waals surface area contributed by atoms with E-state index in [2.05, 4.69) is 9.39 Å². The van der Waals surface area contributed by atoms with Gasteiger partial charge in [0.05, 0.1) is 0 Å². The Bertz CT molecular complexity index is 187. The highest BCUT2D eigenvalue weighted by Crippen LogP contribution is 2.08. The van der Waals surface area contributed by atoms with Crippen molar-refractivity contribution in [1.82, 2.24) is 4.67 Å². The van der Waals surface area contributed by atoms with Gasteiger partial charge in [-0.2, -0.15) is 0 Å². The maximum Gasteiger partial charge on any atom is 0.255 e. The second-order valence-corrected chi connectivity index (χ2v) is 2.22. The number of carbonyl (C=O) groups is 2. The Morgan fingerprint density at radius 3 is 2.67 bits per heavy atom. The van der Waals surface area contributed by atoms with Crippen LogP contribution in [0.1, 0.15) is 6.42 Å². The van der Waals surface area contributed by atoms with Crippen molar-refractivity contribution in [3.8, 4) is 0 Å². The lowest BCUT2D eigenvalue weighted by Gasteiger charge is -2.14. The maximum absolute atomic E-state index is 10.6. The van der Waals surface area contributed by atoms with Crippen LogP contribution in [0.15, 0.2) is 12.2 Å². The van der Waals surface area contributed by atoms with Crippen molar-refractivity contribution in [2.45, 2.75) is 6.42 Å². The highest BCUT2D eigenvalue weighted by Gasteiger charge is 2.16. The van der Waals surface area contributed by atoms with Gasteiger partial charge in [0.15, 0.2) is 0 Å². The standard InChI is InChI=1S/C5H6NO2P/c7-4-2-1-3-5(8)6(4)9/h1-2H,3,9H2. The first kappa shape index (κ1) is 6.43. The maximum atomic E-state index is 10.6. The second-order valence-electron chi connectivity index (χ2n) is 1.71. The van der Waals surface area contributed by atoms with E-state index in [1.807, 2.05) is 0 Å². The number of imide groups is 1. The number of hydrogen-bond donors (Lipinski definition) is 0. The van der Waals surface area contributed by atoms with Crippen molar-refractivity contribution < 1.29 is 9.59 Å². The van der Waals surface area contributed by atoms with Crippen molar-refractivity contribution in [1.29, 1.82) is 0 Å². The molecule has 1 atom stereocenters. The van der Waals surface area contributed by atoms with Crippen LogP contribution in [0.2, 0.25) is 0 Å². The fourth-order valence-electron chi connectivity index (χ4n) is 0.562. The molecule has 48 valence electrons. The molecule has 0 aromatic rings. The quantitative estimate of drug-likeness (QED) is 0.356. The lowest BCUT2D eigenvalue weighted by molar-refractivity contribution is -0.135. The molecule has 0 N–H and O–H groups in total. The molecule has 0 saturated carbocycles. The topological polar surface area (TPSA) is 37.4 Å². The summed E-state index contributed by atoms with van der Waals surface area (Å²) < 4.78 is 1.03. The van der Waals surface area contributed by atoms with Crippen LogP contribution < -0.4 is 0 Å². The number of nitrogens with zero attached hydrogens (tertiary/aromatic N) is 1. The van der Waals surface area contributed by atoms with E-state index in [1.54, 1.807) is 6.08 Å². The SMILES string of the molecule is O=C1C=CCC(=O)N1P. The molecule has 0 aromatic heterocycles. The summed E-state index contributed by atoms with van der Waals surface area (Å²) in [6.45, 7) is 0. The Hall–Kier alpha value is -0.690. The highest BCUT2D eigenvalue weighted by molar-refractivity contribution is 7.16. The molecule has 1 heterocycles. The van der Waals surface area contributed by atoms with Crippen LogP contribution in [0, 0.1) is 0 Å². The van der Waals surface area contributed by atoms with Gasteiger partial charge in [0.1, 0.15) is 0 Å². The lowest BCUT2D eigenvalue weighted by atomic mass is 10.3. The van der Waals surface area contributed by atoms with Crippen LogP contribution in [0.25, 0.3) is 0 Å². The largest absolute Gasteiger partial charge is 0.274 e. The first-order valence-corrected chi connectivity index (χ1v) is 3.01. The average molecular weight is 143 g/mol. The number of rotatable bonds is 0. The van der Waals surface area contributed by atoms with Gasteiger partial charge in [-0.15, -0.1) is 0 Å². The van der Waals surface area contributed by atoms with Crippen molar-refractivity contribution in [2.75, 3.05) is 0 Å². The van der Waals surface area contributed by atoms with Gasteiger partial charge in [-0.3, -0.25) is 14.3 Å². The van der Waals surface area contributed by atoms with Gasteiger partial charge in [0.25, 0.3) is 5.91 Å². The van der Waals surface area contributed by atoms with E-state index in [9.17, 15) is 9.59 Å². The summed E-state index contributed by atoms with van der Waals surface area (Å²) in [5.41, 5.74) is 0. The van der Waals surface area contributed by atoms with E-state index < -0.39 is 0 Å². The monoisotopic (exact) mass is 143 g/mol. The average Bonchev–Trinajstić information content (AvgIpc) is 1.83. The number of hydrogen-bond acceptors (Lipinski definition) is 2. The summed E-state index contributed by atoms with van der Waals surface area (Å²) in [6.07, 6.45) is 3.27. The summed E-state index contributed by atoms with van der Waals surface area (Å²) in [4.78, 5) is 21.2. The van der Waals surface area contributed by atoms with Crippen molar-refractivity contribution in [3.63, 3.8) is 0 Å². The predicted octanol–water partition coefficient (Wildman–Crippen LogP) is 0.0916. The minimum atomic E-state index is -0.267. The molecule has 0 aliphatic carbocycles. The molecule has 3 nitrogen and oxygen atoms in total. The smallest absolute Gasteiger partial charge is 0.255 e. The normalized spacial score (nSPS) is 19.0. The number of carbonyl (C=O) groups excluding carboxylic acids is 2. The minimum absolute atomic E-state index is 0.174. The van der Waals surface area contributed by atoms with Crippen LogP contribution in [0.3, 0.4) is 0 Å². The summed E-state index contributed by atoms with van der Waals surface area (Å²) in [7, 11) is 2.07. The molecule has 0 radical (unpaired) electrons. The van der Waals surface area contributed by atoms with Crippen molar-refractivity contribution in [2.24, 2.45) is 0 Å². The fraction of sp³-hybridized carbons (Fsp3) is 0.200. The Balaban J connectivity index is 2.81. The summed E-state index contributed by atoms with van der Waals surface area (Å²) >= 11 is 0. The Kier molecular flexibility index (Phi) is 1.63. The van der Waals surface area contributed by atoms with Crippen molar-refractivity contribution >= 4 is 21.2 Å². The second kappa shape index (κ2) is 2.28. The minimum Gasteiger partial charge on any atom is -0.274 e. The zero-order valence-electron chi connectivity index (χ0n) is 4.70. The fourth-order valence-corrected chi connectivity index (χ4v) is 0.754. The van der Waals surface area contributed by atoms with Gasteiger partial charge in [-0.25, -0.2) is 0 Å². The highest BCUT2D eigenvalue weighted by atomic mass is 31.0. The zero-order chi connectivity index (χ0) is 6.85. The molecule has 1 rings (SSSR count). The van der Waals surface area contributed by atoms with E-state index in [0.717, 1.165) is 4.67 Å². The molecule has 1 unspecified atom stereocenters. The molecule has 1 aliphatic rings. The van der Waals surface area contributed by atoms with Gasteiger partial charge >= 0.3 is 0 Å². The van der Waals surface area contributed by atoms with Gasteiger partial charge in [0.2, 0.25) is 5.91 Å². The Morgan fingerprint density at radius 2 is 2.22 bits per heavy atom. The van der Waals surface area contributed by atoms with Gasteiger partial charge in [-0.05, 0) is 9.39 Å². The van der Waals surface area contributed by atoms with Crippen LogP contribution in [-0.2, 0) is 9.59 Å². The summed E-state index contributed by atoms with van der Waals surface area (Å²) in [5.74, 6) is -0.441. The summed E-state index contributed by atoms with van der Waals surface area (Å²) in [6, 6.07) is 0. The van der Waals surface area contributed by atoms with Gasteiger partial charge in [0, 0.05) is 12.5 Å². The molecule has 0 aromatic carbocycles. The Labute approximate surface area is 55.0 Å². The van der Waals surface area contributed by atoms with E-state index in [-0.39, 0.29) is 11.8 Å². The first-order chi connectivity index (χ1) is 4.22. The molecule has 0 saturated heterocycles. The molecule has 4 heteroatoms. The van der Waals surface area contributed by atoms with Crippen LogP contribution in [0.4, 0.5) is 0 Å². The lowest BCUT2D eigenvalue weighted by Crippen LogP contribution is -2.28. The molecule has 0 spiro atoms. The van der Waals surface area contributed by atoms with Crippen LogP contribution >= 0.6 is 9.39 Å². The molecular formula is C5H6NO2P. The third-order valence-corrected chi connectivity index (χ3v) is 1.60. The summed E-state index contributed by atoms with van der Waals surface area (Å²) in [5, 5.41) is 0. The Morgan fingerprint density at radius 1 is 1.56 bits per heavy atom. The third kappa shape index (κ3) is 1.16. The van der Waals surface area contributed by atoms with Crippen molar-refractivity contribution in [3.05, 3.63) is 12.2 Å². The molecule has 2 amide bonds. The van der Waals surface area contributed by atoms with E-state index in [1.165, 1.54) is 6.08 Å². The third-order valence-electron chi connectivity index (χ3n) is 1.06. The van der Waals surface area contributed by atoms with E-state index in [0.29, 0.717) is 6.42 Å². The number of amides is 2. The molecule has 0 fully saturated rings. The molecule has 1 aliphatic heterocycles. The molecule has 0 bridgehead atoms. The van der Waals surface area contributed by atoms with E-state index >= 15 is 0 Å². The zero-order valence-corrected chi connectivity index (χ0v) is 5.86. The van der Waals surface area contributed by atoms with Crippen LogP contribution in [0.5, 0.6) is 0 Å².